The van der Waals surface area contributed by atoms with E-state index in [1.807, 2.05) is 23.1 Å². The van der Waals surface area contributed by atoms with Crippen molar-refractivity contribution in [3.63, 3.8) is 0 Å². The minimum atomic E-state index is -0.247. The maximum Gasteiger partial charge on any atom is 0.248 e. The Hall–Kier alpha value is -2.80. The van der Waals surface area contributed by atoms with E-state index < -0.39 is 0 Å². The van der Waals surface area contributed by atoms with Gasteiger partial charge in [0.25, 0.3) is 0 Å². The van der Waals surface area contributed by atoms with Crippen LogP contribution in [0.5, 0.6) is 0 Å². The van der Waals surface area contributed by atoms with Gasteiger partial charge in [-0.2, -0.15) is 0 Å². The summed E-state index contributed by atoms with van der Waals surface area (Å²) in [5, 5.41) is 0. The van der Waals surface area contributed by atoms with E-state index in [4.69, 9.17) is 4.74 Å². The van der Waals surface area contributed by atoms with Crippen molar-refractivity contribution in [2.75, 3.05) is 31.7 Å². The molecule has 1 spiro atoms. The van der Waals surface area contributed by atoms with Gasteiger partial charge >= 0.3 is 0 Å². The molecule has 27 heavy (non-hydrogen) atoms. The second-order valence-corrected chi connectivity index (χ2v) is 7.07. The van der Waals surface area contributed by atoms with Gasteiger partial charge in [-0.3, -0.25) is 9.59 Å². The van der Waals surface area contributed by atoms with Gasteiger partial charge in [0.2, 0.25) is 17.8 Å². The molecular formula is C20H22N4O3. The molecule has 1 aromatic heterocycles. The van der Waals surface area contributed by atoms with Crippen LogP contribution in [0.15, 0.2) is 42.7 Å². The maximum absolute atomic E-state index is 13.1. The summed E-state index contributed by atoms with van der Waals surface area (Å²) < 4.78 is 4.96. The summed E-state index contributed by atoms with van der Waals surface area (Å²) >= 11 is 0. The molecule has 3 heterocycles. The summed E-state index contributed by atoms with van der Waals surface area (Å²) in [5.74, 6) is 0.399. The molecule has 2 aromatic rings. The van der Waals surface area contributed by atoms with Crippen molar-refractivity contribution >= 4 is 23.5 Å². The van der Waals surface area contributed by atoms with Crippen LogP contribution in [0.1, 0.15) is 24.8 Å². The predicted molar refractivity (Wildman–Crippen MR) is 99.6 cm³/mol. The molecule has 1 fully saturated rings. The number of anilines is 2. The van der Waals surface area contributed by atoms with Crippen molar-refractivity contribution in [3.05, 3.63) is 48.3 Å². The lowest BCUT2D eigenvalue weighted by molar-refractivity contribution is -0.137. The van der Waals surface area contributed by atoms with Crippen LogP contribution in [0.3, 0.4) is 0 Å². The number of hydrogen-bond donors (Lipinski definition) is 0. The van der Waals surface area contributed by atoms with Crippen molar-refractivity contribution in [2.45, 2.75) is 24.7 Å². The molecule has 0 radical (unpaired) electrons. The average Bonchev–Trinajstić information content (AvgIpc) is 2.70. The lowest BCUT2D eigenvalue weighted by Crippen LogP contribution is -2.51. The number of likely N-dealkylation sites (tertiary alicyclic amines) is 1. The van der Waals surface area contributed by atoms with Crippen LogP contribution in [0.4, 0.5) is 11.6 Å². The molecule has 4 rings (SSSR count). The van der Waals surface area contributed by atoms with E-state index in [0.29, 0.717) is 25.5 Å². The number of ether oxygens (including phenoxy) is 1. The molecule has 2 amide bonds. The smallest absolute Gasteiger partial charge is 0.248 e. The number of rotatable bonds is 3. The highest BCUT2D eigenvalue weighted by atomic mass is 16.5. The van der Waals surface area contributed by atoms with E-state index in [1.165, 1.54) is 7.11 Å². The molecular weight excluding hydrogens is 344 g/mol. The molecule has 0 atom stereocenters. The van der Waals surface area contributed by atoms with Gasteiger partial charge in [0.1, 0.15) is 6.61 Å². The topological polar surface area (TPSA) is 75.6 Å². The van der Waals surface area contributed by atoms with Crippen molar-refractivity contribution in [1.29, 1.82) is 0 Å². The minimum absolute atomic E-state index is 0.00193. The fraction of sp³-hybridized carbons (Fsp3) is 0.400. The van der Waals surface area contributed by atoms with Gasteiger partial charge in [0.05, 0.1) is 5.69 Å². The molecule has 0 saturated carbocycles. The molecule has 2 aliphatic heterocycles. The molecule has 2 aliphatic rings. The van der Waals surface area contributed by atoms with Crippen LogP contribution in [-0.2, 0) is 19.7 Å². The maximum atomic E-state index is 13.1. The van der Waals surface area contributed by atoms with Crippen LogP contribution < -0.4 is 4.90 Å². The van der Waals surface area contributed by atoms with Gasteiger partial charge in [-0.05, 0) is 30.5 Å². The monoisotopic (exact) mass is 366 g/mol. The normalized spacial score (nSPS) is 18.5. The summed E-state index contributed by atoms with van der Waals surface area (Å²) in [5.41, 5.74) is 1.73. The third-order valence-electron chi connectivity index (χ3n) is 5.55. The zero-order valence-corrected chi connectivity index (χ0v) is 15.3. The van der Waals surface area contributed by atoms with Crippen LogP contribution in [0, 0.1) is 0 Å². The Morgan fingerprint density at radius 2 is 1.85 bits per heavy atom. The predicted octanol–water partition coefficient (Wildman–Crippen LogP) is 2.05. The van der Waals surface area contributed by atoms with Crippen molar-refractivity contribution < 1.29 is 14.3 Å². The number of piperidine rings is 1. The van der Waals surface area contributed by atoms with E-state index in [2.05, 4.69) is 16.0 Å². The second-order valence-electron chi connectivity index (χ2n) is 7.07. The molecule has 7 heteroatoms. The molecule has 1 saturated heterocycles. The standard InChI is InChI=1S/C20H22N4O3/c1-27-14-18(26)23-11-7-20(8-12-23)13-17(25)24(19-21-9-4-10-22-19)16-6-3-2-5-15(16)20/h2-6,9-10H,7-8,11-14H2,1H3. The van der Waals surface area contributed by atoms with E-state index in [1.54, 1.807) is 23.4 Å². The number of para-hydroxylation sites is 1. The lowest BCUT2D eigenvalue weighted by Gasteiger charge is -2.46. The highest BCUT2D eigenvalue weighted by Crippen LogP contribution is 2.48. The molecule has 7 nitrogen and oxygen atoms in total. The summed E-state index contributed by atoms with van der Waals surface area (Å²) in [7, 11) is 1.53. The van der Waals surface area contributed by atoms with Gasteiger partial charge in [-0.15, -0.1) is 0 Å². The molecule has 0 aliphatic carbocycles. The number of amides is 2. The molecule has 0 bridgehead atoms. The number of methoxy groups -OCH3 is 1. The van der Waals surface area contributed by atoms with Gasteiger partial charge in [-0.1, -0.05) is 18.2 Å². The first-order valence-electron chi connectivity index (χ1n) is 9.11. The van der Waals surface area contributed by atoms with Crippen LogP contribution >= 0.6 is 0 Å². The summed E-state index contributed by atoms with van der Waals surface area (Å²) in [6.07, 6.45) is 5.20. The first kappa shape index (κ1) is 17.6. The Labute approximate surface area is 158 Å². The number of hydrogen-bond acceptors (Lipinski definition) is 5. The largest absolute Gasteiger partial charge is 0.375 e. The van der Waals surface area contributed by atoms with Gasteiger partial charge in [0.15, 0.2) is 0 Å². The number of nitrogens with zero attached hydrogens (tertiary/aromatic N) is 4. The molecule has 0 unspecified atom stereocenters. The number of carbonyl (C=O) groups excluding carboxylic acids is 2. The van der Waals surface area contributed by atoms with E-state index in [-0.39, 0.29) is 23.8 Å². The van der Waals surface area contributed by atoms with Crippen molar-refractivity contribution in [3.8, 4) is 0 Å². The highest BCUT2D eigenvalue weighted by Gasteiger charge is 2.46. The molecule has 140 valence electrons. The second kappa shape index (κ2) is 7.08. The summed E-state index contributed by atoms with van der Waals surface area (Å²) in [6, 6.07) is 9.70. The Morgan fingerprint density at radius 1 is 1.15 bits per heavy atom. The number of fused-ring (bicyclic) bond motifs is 2. The minimum Gasteiger partial charge on any atom is -0.375 e. The Bertz CT molecular complexity index is 847. The fourth-order valence-electron chi connectivity index (χ4n) is 4.19. The quantitative estimate of drug-likeness (QED) is 0.831. The van der Waals surface area contributed by atoms with Gasteiger partial charge in [-0.25, -0.2) is 14.9 Å². The Morgan fingerprint density at radius 3 is 2.56 bits per heavy atom. The summed E-state index contributed by atoms with van der Waals surface area (Å²) in [6.45, 7) is 1.36. The molecule has 0 N–H and O–H groups in total. The zero-order chi connectivity index (χ0) is 18.9. The number of carbonyl (C=O) groups is 2. The number of aromatic nitrogens is 2. The van der Waals surface area contributed by atoms with Crippen LogP contribution in [0.2, 0.25) is 0 Å². The first-order chi connectivity index (χ1) is 13.1. The third-order valence-corrected chi connectivity index (χ3v) is 5.55. The summed E-state index contributed by atoms with van der Waals surface area (Å²) in [4.78, 5) is 37.2. The third kappa shape index (κ3) is 3.08. The van der Waals surface area contributed by atoms with Crippen molar-refractivity contribution in [1.82, 2.24) is 14.9 Å². The SMILES string of the molecule is COCC(=O)N1CCC2(CC1)CC(=O)N(c1ncccn1)c1ccccc12. The van der Waals surface area contributed by atoms with E-state index in [9.17, 15) is 9.59 Å². The molecule has 1 aromatic carbocycles. The van der Waals surface area contributed by atoms with Crippen LogP contribution in [0.25, 0.3) is 0 Å². The Kier molecular flexibility index (Phi) is 4.61. The van der Waals surface area contributed by atoms with Gasteiger partial charge in [0, 0.05) is 44.4 Å². The Balaban J connectivity index is 1.66. The average molecular weight is 366 g/mol. The highest BCUT2D eigenvalue weighted by molar-refractivity contribution is 6.02. The first-order valence-corrected chi connectivity index (χ1v) is 9.11. The van der Waals surface area contributed by atoms with Crippen LogP contribution in [-0.4, -0.2) is 53.5 Å². The van der Waals surface area contributed by atoms with Gasteiger partial charge < -0.3 is 9.64 Å². The van der Waals surface area contributed by atoms with E-state index >= 15 is 0 Å². The number of benzene rings is 1. The zero-order valence-electron chi connectivity index (χ0n) is 15.3. The van der Waals surface area contributed by atoms with E-state index in [0.717, 1.165) is 24.1 Å². The van der Waals surface area contributed by atoms with Crippen molar-refractivity contribution in [2.24, 2.45) is 0 Å². The fourth-order valence-corrected chi connectivity index (χ4v) is 4.19. The lowest BCUT2D eigenvalue weighted by atomic mass is 9.67.